The molecule has 1 aromatic heterocycles. The number of nitrogens with zero attached hydrogens (tertiary/aromatic N) is 4. The molecular formula is C26H21N5O4. The largest absolute Gasteiger partial charge is 0.497 e. The van der Waals surface area contributed by atoms with Gasteiger partial charge in [-0.1, -0.05) is 35.5 Å². The highest BCUT2D eigenvalue weighted by Gasteiger charge is 2.36. The fraction of sp³-hybridized carbons (Fsp3) is 0.115. The average Bonchev–Trinajstić information content (AvgIpc) is 3.44. The maximum absolute atomic E-state index is 12.8. The van der Waals surface area contributed by atoms with E-state index in [2.05, 4.69) is 15.6 Å². The number of benzene rings is 3. The van der Waals surface area contributed by atoms with Gasteiger partial charge in [0.1, 0.15) is 11.4 Å². The highest BCUT2D eigenvalue weighted by Crippen LogP contribution is 2.28. The van der Waals surface area contributed by atoms with E-state index in [1.54, 1.807) is 60.5 Å². The van der Waals surface area contributed by atoms with Gasteiger partial charge in [0.2, 0.25) is 0 Å². The fourth-order valence-corrected chi connectivity index (χ4v) is 3.90. The third-order valence-electron chi connectivity index (χ3n) is 5.68. The van der Waals surface area contributed by atoms with E-state index in [-0.39, 0.29) is 12.5 Å². The minimum atomic E-state index is -0.406. The Bertz CT molecular complexity index is 1390. The lowest BCUT2D eigenvalue weighted by Gasteiger charge is -2.15. The smallest absolute Gasteiger partial charge is 0.266 e. The van der Waals surface area contributed by atoms with Crippen molar-refractivity contribution in [2.24, 2.45) is 0 Å². The van der Waals surface area contributed by atoms with Crippen molar-refractivity contribution in [2.45, 2.75) is 13.1 Å². The zero-order valence-electron chi connectivity index (χ0n) is 18.8. The van der Waals surface area contributed by atoms with Crippen molar-refractivity contribution in [3.63, 3.8) is 0 Å². The molecule has 0 saturated carbocycles. The van der Waals surface area contributed by atoms with Gasteiger partial charge in [0.25, 0.3) is 17.7 Å². The Balaban J connectivity index is 1.23. The number of hydrogen-bond acceptors (Lipinski definition) is 6. The van der Waals surface area contributed by atoms with Crippen LogP contribution in [0.4, 0.5) is 5.69 Å². The molecule has 35 heavy (non-hydrogen) atoms. The summed E-state index contributed by atoms with van der Waals surface area (Å²) in [6.45, 7) is 0.714. The second-order valence-electron chi connectivity index (χ2n) is 7.98. The first-order valence-electron chi connectivity index (χ1n) is 10.9. The van der Waals surface area contributed by atoms with Crippen molar-refractivity contribution >= 4 is 23.4 Å². The number of carbonyl (C=O) groups excluding carboxylic acids is 3. The number of imide groups is 1. The average molecular weight is 467 g/mol. The van der Waals surface area contributed by atoms with Crippen LogP contribution < -0.4 is 15.0 Å². The molecule has 1 aliphatic heterocycles. The Kier molecular flexibility index (Phi) is 5.80. The van der Waals surface area contributed by atoms with Crippen LogP contribution in [0, 0.1) is 0 Å². The van der Waals surface area contributed by atoms with Crippen molar-refractivity contribution < 1.29 is 19.1 Å². The standard InChI is InChI=1S/C26H21N5O4/c1-35-21-11-9-17(10-12-21)15-30-16-19(28-29-30)14-27-24(32)18-5-4-6-20(13-18)31-25(33)22-7-2-3-8-23(22)26(31)34/h2-13,16H,14-15H2,1H3,(H,27,32). The SMILES string of the molecule is COc1ccc(Cn2cc(CNC(=O)c3cccc(N4C(=O)c5ccccc5C4=O)c3)nn2)cc1. The molecule has 0 saturated heterocycles. The lowest BCUT2D eigenvalue weighted by Crippen LogP contribution is -2.30. The van der Waals surface area contributed by atoms with Gasteiger partial charge in [-0.25, -0.2) is 9.58 Å². The zero-order chi connectivity index (χ0) is 24.4. The molecule has 2 heterocycles. The van der Waals surface area contributed by atoms with Gasteiger partial charge in [-0.05, 0) is 48.0 Å². The van der Waals surface area contributed by atoms with Gasteiger partial charge in [-0.3, -0.25) is 14.4 Å². The van der Waals surface area contributed by atoms with Crippen molar-refractivity contribution in [1.82, 2.24) is 20.3 Å². The number of aromatic nitrogens is 3. The minimum Gasteiger partial charge on any atom is -0.497 e. The molecule has 0 aliphatic carbocycles. The number of amides is 3. The Morgan fingerprint density at radius 1 is 0.943 bits per heavy atom. The van der Waals surface area contributed by atoms with Crippen LogP contribution in [0.1, 0.15) is 42.3 Å². The maximum Gasteiger partial charge on any atom is 0.266 e. The van der Waals surface area contributed by atoms with Crippen LogP contribution in [-0.4, -0.2) is 39.8 Å². The molecule has 1 N–H and O–H groups in total. The van der Waals surface area contributed by atoms with Crippen LogP contribution in [0.5, 0.6) is 5.75 Å². The molecule has 3 amide bonds. The number of fused-ring (bicyclic) bond motifs is 1. The highest BCUT2D eigenvalue weighted by molar-refractivity contribution is 6.34. The van der Waals surface area contributed by atoms with E-state index in [4.69, 9.17) is 4.74 Å². The molecule has 1 aliphatic rings. The molecule has 4 aromatic rings. The molecule has 0 fully saturated rings. The maximum atomic E-state index is 12.8. The molecule has 3 aromatic carbocycles. The second-order valence-corrected chi connectivity index (χ2v) is 7.98. The summed E-state index contributed by atoms with van der Waals surface area (Å²) >= 11 is 0. The summed E-state index contributed by atoms with van der Waals surface area (Å²) in [6, 6.07) is 20.7. The third-order valence-corrected chi connectivity index (χ3v) is 5.68. The monoisotopic (exact) mass is 467 g/mol. The first kappa shape index (κ1) is 22.0. The Morgan fingerprint density at radius 2 is 1.66 bits per heavy atom. The molecule has 9 heteroatoms. The van der Waals surface area contributed by atoms with Crippen molar-refractivity contribution in [3.05, 3.63) is 107 Å². The van der Waals surface area contributed by atoms with Crippen LogP contribution in [0.2, 0.25) is 0 Å². The molecule has 0 atom stereocenters. The summed E-state index contributed by atoms with van der Waals surface area (Å²) in [5.41, 5.74) is 3.01. The van der Waals surface area contributed by atoms with E-state index in [0.717, 1.165) is 16.2 Å². The van der Waals surface area contributed by atoms with Crippen LogP contribution in [0.3, 0.4) is 0 Å². The van der Waals surface area contributed by atoms with Crippen LogP contribution in [-0.2, 0) is 13.1 Å². The van der Waals surface area contributed by atoms with Gasteiger partial charge in [0, 0.05) is 5.56 Å². The Labute approximate surface area is 200 Å². The first-order chi connectivity index (χ1) is 17.0. The summed E-state index contributed by atoms with van der Waals surface area (Å²) in [5.74, 6) is -0.385. The molecule has 5 rings (SSSR count). The number of methoxy groups -OCH3 is 1. The predicted octanol–water partition coefficient (Wildman–Crippen LogP) is 3.07. The number of carbonyl (C=O) groups is 3. The molecule has 0 unspecified atom stereocenters. The van der Waals surface area contributed by atoms with Crippen molar-refractivity contribution in [1.29, 1.82) is 0 Å². The van der Waals surface area contributed by atoms with Crippen LogP contribution >= 0.6 is 0 Å². The van der Waals surface area contributed by atoms with E-state index < -0.39 is 11.8 Å². The molecule has 0 spiro atoms. The van der Waals surface area contributed by atoms with Gasteiger partial charge in [0.15, 0.2) is 0 Å². The lowest BCUT2D eigenvalue weighted by atomic mass is 10.1. The van der Waals surface area contributed by atoms with Gasteiger partial charge < -0.3 is 10.1 Å². The lowest BCUT2D eigenvalue weighted by molar-refractivity contribution is 0.0919. The van der Waals surface area contributed by atoms with Crippen molar-refractivity contribution in [2.75, 3.05) is 12.0 Å². The number of hydrogen-bond donors (Lipinski definition) is 1. The quantitative estimate of drug-likeness (QED) is 0.419. The fourth-order valence-electron chi connectivity index (χ4n) is 3.90. The molecule has 0 bridgehead atoms. The predicted molar refractivity (Wildman–Crippen MR) is 127 cm³/mol. The van der Waals surface area contributed by atoms with Gasteiger partial charge in [0.05, 0.1) is 43.2 Å². The van der Waals surface area contributed by atoms with E-state index in [9.17, 15) is 14.4 Å². The molecular weight excluding hydrogens is 446 g/mol. The van der Waals surface area contributed by atoms with Gasteiger partial charge in [-0.2, -0.15) is 0 Å². The third kappa shape index (κ3) is 4.39. The van der Waals surface area contributed by atoms with Gasteiger partial charge in [-0.15, -0.1) is 5.10 Å². The molecule has 0 radical (unpaired) electrons. The Morgan fingerprint density at radius 3 is 2.34 bits per heavy atom. The summed E-state index contributed by atoms with van der Waals surface area (Å²) in [7, 11) is 1.62. The van der Waals surface area contributed by atoms with Crippen LogP contribution in [0.15, 0.2) is 79.0 Å². The summed E-state index contributed by atoms with van der Waals surface area (Å²) < 4.78 is 6.85. The summed E-state index contributed by atoms with van der Waals surface area (Å²) in [4.78, 5) is 39.3. The van der Waals surface area contributed by atoms with Crippen molar-refractivity contribution in [3.8, 4) is 5.75 Å². The first-order valence-corrected chi connectivity index (χ1v) is 10.9. The van der Waals surface area contributed by atoms with E-state index in [0.29, 0.717) is 34.6 Å². The minimum absolute atomic E-state index is 0.179. The van der Waals surface area contributed by atoms with E-state index in [1.165, 1.54) is 6.07 Å². The van der Waals surface area contributed by atoms with Gasteiger partial charge >= 0.3 is 0 Å². The number of ether oxygens (including phenoxy) is 1. The Hall–Kier alpha value is -4.79. The number of nitrogens with one attached hydrogen (secondary N) is 1. The van der Waals surface area contributed by atoms with Crippen LogP contribution in [0.25, 0.3) is 0 Å². The topological polar surface area (TPSA) is 106 Å². The number of rotatable bonds is 7. The highest BCUT2D eigenvalue weighted by atomic mass is 16.5. The number of anilines is 1. The zero-order valence-corrected chi connectivity index (χ0v) is 18.8. The van der Waals surface area contributed by atoms with E-state index in [1.807, 2.05) is 24.3 Å². The normalized spacial score (nSPS) is 12.5. The summed E-state index contributed by atoms with van der Waals surface area (Å²) in [5, 5.41) is 11.0. The molecule has 9 nitrogen and oxygen atoms in total. The van der Waals surface area contributed by atoms with E-state index >= 15 is 0 Å². The summed E-state index contributed by atoms with van der Waals surface area (Å²) in [6.07, 6.45) is 1.76. The molecule has 174 valence electrons. The second kappa shape index (κ2) is 9.22.